The second-order valence-corrected chi connectivity index (χ2v) is 4.21. The molecule has 10 heteroatoms. The first-order valence-corrected chi connectivity index (χ1v) is 6.39. The van der Waals surface area contributed by atoms with E-state index in [1.54, 1.807) is 0 Å². The van der Waals surface area contributed by atoms with E-state index >= 15 is 0 Å². The summed E-state index contributed by atoms with van der Waals surface area (Å²) in [5.41, 5.74) is 10.3. The van der Waals surface area contributed by atoms with Crippen molar-refractivity contribution in [3.8, 4) is 0 Å². The number of nitrogens with zero attached hydrogens (tertiary/aromatic N) is 2. The second-order valence-electron chi connectivity index (χ2n) is 4.21. The number of nitrogens with two attached hydrogens (primary N) is 2. The molecule has 0 bridgehead atoms. The predicted octanol–water partition coefficient (Wildman–Crippen LogP) is -0.471. The molecule has 120 valence electrons. The molecule has 0 aliphatic heterocycles. The average Bonchev–Trinajstić information content (AvgIpc) is 2.39. The molecular formula is C11H20N4O6. The van der Waals surface area contributed by atoms with Gasteiger partial charge < -0.3 is 21.0 Å². The smallest absolute Gasteiger partial charge is 0.294 e. The number of hydrogen-bond donors (Lipinski definition) is 2. The van der Waals surface area contributed by atoms with Crippen LogP contribution in [0.15, 0.2) is 4.99 Å². The van der Waals surface area contributed by atoms with E-state index in [-0.39, 0.29) is 44.1 Å². The molecule has 0 heterocycles. The number of ether oxygens (including phenoxy) is 1. The predicted molar refractivity (Wildman–Crippen MR) is 72.7 cm³/mol. The molecule has 0 spiro atoms. The Balaban J connectivity index is 3.94. The molecule has 0 saturated heterocycles. The zero-order valence-electron chi connectivity index (χ0n) is 11.6. The van der Waals surface area contributed by atoms with Gasteiger partial charge in [-0.1, -0.05) is 0 Å². The highest BCUT2D eigenvalue weighted by atomic mass is 16.9. The Kier molecular flexibility index (Phi) is 10.1. The van der Waals surface area contributed by atoms with Crippen molar-refractivity contribution < 1.29 is 24.3 Å². The first-order chi connectivity index (χ1) is 9.95. The number of carbonyl (C=O) groups excluding carboxylic acids is 2. The molecule has 0 aliphatic carbocycles. The Bertz CT molecular complexity index is 370. The molecule has 4 N–H and O–H groups in total. The van der Waals surface area contributed by atoms with Crippen LogP contribution in [0.5, 0.6) is 0 Å². The lowest BCUT2D eigenvalue weighted by molar-refractivity contribution is -0.757. The minimum atomic E-state index is -0.910. The summed E-state index contributed by atoms with van der Waals surface area (Å²) >= 11 is 0. The van der Waals surface area contributed by atoms with Crippen LogP contribution >= 0.6 is 0 Å². The van der Waals surface area contributed by atoms with Crippen molar-refractivity contribution in [2.75, 3.05) is 13.2 Å². The Morgan fingerprint density at radius 3 is 2.67 bits per heavy atom. The molecule has 0 aromatic rings. The number of hydrogen-bond acceptors (Lipinski definition) is 7. The number of ketones is 1. The molecule has 0 rings (SSSR count). The number of rotatable bonds is 13. The normalized spacial score (nSPS) is 11.2. The molecule has 0 aliphatic rings. The number of aliphatic imine (C=N–C) groups is 1. The third-order valence-electron chi connectivity index (χ3n) is 2.48. The van der Waals surface area contributed by atoms with Crippen LogP contribution in [0.3, 0.4) is 0 Å². The molecule has 0 aromatic heterocycles. The van der Waals surface area contributed by atoms with E-state index in [9.17, 15) is 19.7 Å². The summed E-state index contributed by atoms with van der Waals surface area (Å²) < 4.78 is 4.81. The van der Waals surface area contributed by atoms with Gasteiger partial charge in [0.1, 0.15) is 11.9 Å². The lowest BCUT2D eigenvalue weighted by atomic mass is 10.0. The summed E-state index contributed by atoms with van der Waals surface area (Å²) in [6.45, 7) is 0.530. The molecular weight excluding hydrogens is 284 g/mol. The van der Waals surface area contributed by atoms with E-state index in [0.29, 0.717) is 19.4 Å². The summed E-state index contributed by atoms with van der Waals surface area (Å²) in [6.07, 6.45) is 0.891. The quantitative estimate of drug-likeness (QED) is 0.115. The van der Waals surface area contributed by atoms with Crippen LogP contribution in [0.2, 0.25) is 0 Å². The summed E-state index contributed by atoms with van der Waals surface area (Å²) in [5, 5.41) is 9.00. The number of carbonyl (C=O) groups is 2. The Morgan fingerprint density at radius 2 is 2.10 bits per heavy atom. The highest BCUT2D eigenvalue weighted by molar-refractivity contribution is 5.79. The van der Waals surface area contributed by atoms with Crippen LogP contribution in [-0.4, -0.2) is 42.6 Å². The van der Waals surface area contributed by atoms with E-state index in [1.165, 1.54) is 0 Å². The van der Waals surface area contributed by atoms with Crippen molar-refractivity contribution in [2.45, 2.75) is 38.2 Å². The van der Waals surface area contributed by atoms with E-state index in [1.807, 2.05) is 0 Å². The third-order valence-corrected chi connectivity index (χ3v) is 2.48. The van der Waals surface area contributed by atoms with Crippen LogP contribution in [0.4, 0.5) is 0 Å². The maximum atomic E-state index is 11.6. The molecule has 1 unspecified atom stereocenters. The maximum Gasteiger partial charge on any atom is 0.294 e. The topological polar surface area (TPSA) is 160 Å². The lowest BCUT2D eigenvalue weighted by Crippen LogP contribution is -2.23. The monoisotopic (exact) mass is 304 g/mol. The molecule has 0 saturated carbocycles. The van der Waals surface area contributed by atoms with Gasteiger partial charge in [0.25, 0.3) is 11.6 Å². The van der Waals surface area contributed by atoms with Gasteiger partial charge in [-0.3, -0.25) is 14.6 Å². The lowest BCUT2D eigenvalue weighted by Gasteiger charge is -2.13. The zero-order valence-corrected chi connectivity index (χ0v) is 11.6. The fraction of sp³-hybridized carbons (Fsp3) is 0.727. The fourth-order valence-electron chi connectivity index (χ4n) is 1.59. The molecule has 0 radical (unpaired) electrons. The van der Waals surface area contributed by atoms with Gasteiger partial charge in [0.2, 0.25) is 0 Å². The van der Waals surface area contributed by atoms with Gasteiger partial charge in [-0.05, 0) is 19.3 Å². The number of Topliss-reactive ketones (excluding diaryl/α,β-unsaturated/α-hetero) is 1. The van der Waals surface area contributed by atoms with Crippen molar-refractivity contribution in [3.05, 3.63) is 10.1 Å². The van der Waals surface area contributed by atoms with Crippen molar-refractivity contribution in [1.82, 2.24) is 0 Å². The molecule has 21 heavy (non-hydrogen) atoms. The van der Waals surface area contributed by atoms with Crippen LogP contribution in [0.25, 0.3) is 0 Å². The van der Waals surface area contributed by atoms with Gasteiger partial charge in [-0.25, -0.2) is 0 Å². The van der Waals surface area contributed by atoms with Crippen molar-refractivity contribution in [3.63, 3.8) is 0 Å². The van der Waals surface area contributed by atoms with E-state index in [0.717, 1.165) is 0 Å². The molecule has 0 aromatic carbocycles. The minimum Gasteiger partial charge on any atom is -0.464 e. The van der Waals surface area contributed by atoms with Crippen LogP contribution in [0.1, 0.15) is 32.1 Å². The Morgan fingerprint density at radius 1 is 1.38 bits per heavy atom. The Hall–Kier alpha value is -2.39. The van der Waals surface area contributed by atoms with E-state index < -0.39 is 11.2 Å². The highest BCUT2D eigenvalue weighted by Crippen LogP contribution is 2.09. The van der Waals surface area contributed by atoms with E-state index in [2.05, 4.69) is 9.83 Å². The second kappa shape index (κ2) is 11.4. The molecule has 10 nitrogen and oxygen atoms in total. The standard InChI is InChI=1S/C11H20N4O6/c12-11(13)14-5-1-4-10(20-8-16)7-9(17)3-2-6-21-15(18)19/h8,10H,1-7H2,(H4,12,13,14). The SMILES string of the molecule is NC(N)=NCCCC(CC(=O)CCCO[N+](=O)[O-])OC=O. The number of guanidine groups is 1. The summed E-state index contributed by atoms with van der Waals surface area (Å²) in [6, 6.07) is 0. The van der Waals surface area contributed by atoms with Crippen molar-refractivity contribution in [1.29, 1.82) is 0 Å². The van der Waals surface area contributed by atoms with E-state index in [4.69, 9.17) is 16.2 Å². The van der Waals surface area contributed by atoms with Gasteiger partial charge in [-0.15, -0.1) is 10.1 Å². The summed E-state index contributed by atoms with van der Waals surface area (Å²) in [7, 11) is 0. The minimum absolute atomic E-state index is 0.0234. The van der Waals surface area contributed by atoms with Crippen LogP contribution < -0.4 is 11.5 Å². The molecule has 1 atom stereocenters. The highest BCUT2D eigenvalue weighted by Gasteiger charge is 2.14. The average molecular weight is 304 g/mol. The van der Waals surface area contributed by atoms with Gasteiger partial charge in [0.05, 0.1) is 6.61 Å². The molecule has 0 fully saturated rings. The first kappa shape index (κ1) is 18.6. The van der Waals surface area contributed by atoms with Gasteiger partial charge >= 0.3 is 0 Å². The van der Waals surface area contributed by atoms with Crippen molar-refractivity contribution in [2.24, 2.45) is 16.5 Å². The van der Waals surface area contributed by atoms with Crippen molar-refractivity contribution >= 4 is 18.2 Å². The summed E-state index contributed by atoms with van der Waals surface area (Å²) in [5.74, 6) is -0.180. The van der Waals surface area contributed by atoms with Gasteiger partial charge in [0, 0.05) is 19.4 Å². The van der Waals surface area contributed by atoms with Crippen LogP contribution in [-0.2, 0) is 19.2 Å². The first-order valence-electron chi connectivity index (χ1n) is 6.39. The molecule has 0 amide bonds. The Labute approximate surface area is 121 Å². The van der Waals surface area contributed by atoms with Gasteiger partial charge in [0.15, 0.2) is 5.96 Å². The maximum absolute atomic E-state index is 11.6. The van der Waals surface area contributed by atoms with Gasteiger partial charge in [-0.2, -0.15) is 0 Å². The summed E-state index contributed by atoms with van der Waals surface area (Å²) in [4.78, 5) is 39.8. The fourth-order valence-corrected chi connectivity index (χ4v) is 1.59. The largest absolute Gasteiger partial charge is 0.464 e. The van der Waals surface area contributed by atoms with Crippen LogP contribution in [0, 0.1) is 10.1 Å². The third kappa shape index (κ3) is 12.4. The zero-order chi connectivity index (χ0) is 16.1.